The highest BCUT2D eigenvalue weighted by Crippen LogP contribution is 2.22. The van der Waals surface area contributed by atoms with E-state index in [0.29, 0.717) is 6.10 Å². The number of rotatable bonds is 3. The molecule has 1 aliphatic rings. The second-order valence-electron chi connectivity index (χ2n) is 3.46. The van der Waals surface area contributed by atoms with Crippen LogP contribution in [0, 0.1) is 6.92 Å². The Hall–Kier alpha value is -1.02. The first-order valence-electron chi connectivity index (χ1n) is 4.54. The third kappa shape index (κ3) is 2.01. The van der Waals surface area contributed by atoms with Crippen molar-refractivity contribution in [1.29, 1.82) is 0 Å². The van der Waals surface area contributed by atoms with Gasteiger partial charge in [-0.1, -0.05) is 12.1 Å². The lowest BCUT2D eigenvalue weighted by Crippen LogP contribution is -1.95. The quantitative estimate of drug-likeness (QED) is 0.660. The Morgan fingerprint density at radius 1 is 1.54 bits per heavy atom. The SMILES string of the molecule is COc1cc(CC2CO2)ccc1C. The highest BCUT2D eigenvalue weighted by molar-refractivity contribution is 5.36. The van der Waals surface area contributed by atoms with Crippen LogP contribution in [-0.4, -0.2) is 19.8 Å². The molecular formula is C11H14O2. The van der Waals surface area contributed by atoms with Crippen LogP contribution in [-0.2, 0) is 11.2 Å². The summed E-state index contributed by atoms with van der Waals surface area (Å²) in [5.41, 5.74) is 2.48. The van der Waals surface area contributed by atoms with Gasteiger partial charge in [-0.05, 0) is 24.1 Å². The van der Waals surface area contributed by atoms with Gasteiger partial charge in [0.05, 0.1) is 19.8 Å². The average molecular weight is 178 g/mol. The maximum absolute atomic E-state index is 5.25. The van der Waals surface area contributed by atoms with Gasteiger partial charge in [0.15, 0.2) is 0 Å². The minimum Gasteiger partial charge on any atom is -0.496 e. The van der Waals surface area contributed by atoms with Crippen molar-refractivity contribution >= 4 is 0 Å². The standard InChI is InChI=1S/C11H14O2/c1-8-3-4-9(5-10-7-13-10)6-11(8)12-2/h3-4,6,10H,5,7H2,1-2H3. The summed E-state index contributed by atoms with van der Waals surface area (Å²) < 4.78 is 10.4. The van der Waals surface area contributed by atoms with Crippen molar-refractivity contribution in [1.82, 2.24) is 0 Å². The zero-order valence-electron chi connectivity index (χ0n) is 8.04. The summed E-state index contributed by atoms with van der Waals surface area (Å²) in [5.74, 6) is 0.971. The zero-order chi connectivity index (χ0) is 9.26. The largest absolute Gasteiger partial charge is 0.496 e. The van der Waals surface area contributed by atoms with Crippen molar-refractivity contribution < 1.29 is 9.47 Å². The molecule has 1 aromatic carbocycles. The molecule has 1 aromatic rings. The number of epoxide rings is 1. The van der Waals surface area contributed by atoms with E-state index in [1.807, 2.05) is 0 Å². The Kier molecular flexibility index (Phi) is 2.23. The minimum absolute atomic E-state index is 0.451. The van der Waals surface area contributed by atoms with Crippen LogP contribution in [0.5, 0.6) is 5.75 Å². The summed E-state index contributed by atoms with van der Waals surface area (Å²) >= 11 is 0. The molecule has 0 bridgehead atoms. The molecule has 1 unspecified atom stereocenters. The first-order chi connectivity index (χ1) is 6.29. The molecule has 0 amide bonds. The van der Waals surface area contributed by atoms with E-state index >= 15 is 0 Å². The van der Waals surface area contributed by atoms with E-state index in [-0.39, 0.29) is 0 Å². The highest BCUT2D eigenvalue weighted by atomic mass is 16.6. The maximum Gasteiger partial charge on any atom is 0.122 e. The Morgan fingerprint density at radius 2 is 2.31 bits per heavy atom. The fourth-order valence-electron chi connectivity index (χ4n) is 1.44. The molecule has 0 N–H and O–H groups in total. The van der Waals surface area contributed by atoms with Gasteiger partial charge in [0, 0.05) is 6.42 Å². The van der Waals surface area contributed by atoms with E-state index in [1.54, 1.807) is 7.11 Å². The molecule has 1 heterocycles. The highest BCUT2D eigenvalue weighted by Gasteiger charge is 2.22. The van der Waals surface area contributed by atoms with E-state index in [4.69, 9.17) is 9.47 Å². The summed E-state index contributed by atoms with van der Waals surface area (Å²) in [6.07, 6.45) is 1.46. The van der Waals surface area contributed by atoms with Crippen LogP contribution in [0.3, 0.4) is 0 Å². The predicted molar refractivity (Wildman–Crippen MR) is 51.2 cm³/mol. The fourth-order valence-corrected chi connectivity index (χ4v) is 1.44. The van der Waals surface area contributed by atoms with Gasteiger partial charge in [-0.2, -0.15) is 0 Å². The van der Waals surface area contributed by atoms with Crippen molar-refractivity contribution in [2.45, 2.75) is 19.4 Å². The van der Waals surface area contributed by atoms with Gasteiger partial charge in [0.2, 0.25) is 0 Å². The normalized spacial score (nSPS) is 20.0. The third-order valence-electron chi connectivity index (χ3n) is 2.34. The lowest BCUT2D eigenvalue weighted by Gasteiger charge is -2.06. The predicted octanol–water partition coefficient (Wildman–Crippen LogP) is 1.94. The molecule has 1 atom stereocenters. The van der Waals surface area contributed by atoms with E-state index in [1.165, 1.54) is 11.1 Å². The summed E-state index contributed by atoms with van der Waals surface area (Å²) in [7, 11) is 1.71. The first kappa shape index (κ1) is 8.57. The fraction of sp³-hybridized carbons (Fsp3) is 0.455. The maximum atomic E-state index is 5.25. The number of hydrogen-bond acceptors (Lipinski definition) is 2. The number of benzene rings is 1. The van der Waals surface area contributed by atoms with Gasteiger partial charge >= 0.3 is 0 Å². The van der Waals surface area contributed by atoms with Gasteiger partial charge in [-0.25, -0.2) is 0 Å². The number of methoxy groups -OCH3 is 1. The third-order valence-corrected chi connectivity index (χ3v) is 2.34. The molecule has 0 aliphatic carbocycles. The topological polar surface area (TPSA) is 21.8 Å². The molecule has 0 aromatic heterocycles. The Balaban J connectivity index is 2.16. The van der Waals surface area contributed by atoms with E-state index in [9.17, 15) is 0 Å². The van der Waals surface area contributed by atoms with Gasteiger partial charge < -0.3 is 9.47 Å². The molecule has 2 rings (SSSR count). The van der Waals surface area contributed by atoms with E-state index in [0.717, 1.165) is 18.8 Å². The van der Waals surface area contributed by atoms with Gasteiger partial charge in [0.25, 0.3) is 0 Å². The van der Waals surface area contributed by atoms with Crippen LogP contribution >= 0.6 is 0 Å². The number of aryl methyl sites for hydroxylation is 1. The molecule has 70 valence electrons. The van der Waals surface area contributed by atoms with Gasteiger partial charge in [-0.3, -0.25) is 0 Å². The summed E-state index contributed by atoms with van der Waals surface area (Å²) in [6.45, 7) is 2.96. The van der Waals surface area contributed by atoms with Crippen molar-refractivity contribution in [2.75, 3.05) is 13.7 Å². The molecule has 1 aliphatic heterocycles. The second-order valence-corrected chi connectivity index (χ2v) is 3.46. The van der Waals surface area contributed by atoms with Crippen LogP contribution in [0.4, 0.5) is 0 Å². The molecule has 0 radical (unpaired) electrons. The lowest BCUT2D eigenvalue weighted by molar-refractivity contribution is 0.403. The smallest absolute Gasteiger partial charge is 0.122 e. The van der Waals surface area contributed by atoms with Crippen molar-refractivity contribution in [3.8, 4) is 5.75 Å². The van der Waals surface area contributed by atoms with Crippen molar-refractivity contribution in [3.63, 3.8) is 0 Å². The van der Waals surface area contributed by atoms with Crippen LogP contribution in [0.15, 0.2) is 18.2 Å². The first-order valence-corrected chi connectivity index (χ1v) is 4.54. The molecule has 0 spiro atoms. The van der Waals surface area contributed by atoms with Crippen LogP contribution in [0.25, 0.3) is 0 Å². The Bertz CT molecular complexity index is 303. The lowest BCUT2D eigenvalue weighted by atomic mass is 10.1. The minimum atomic E-state index is 0.451. The summed E-state index contributed by atoms with van der Waals surface area (Å²) in [5, 5.41) is 0. The average Bonchev–Trinajstić information content (AvgIpc) is 2.92. The zero-order valence-corrected chi connectivity index (χ0v) is 8.04. The van der Waals surface area contributed by atoms with Crippen molar-refractivity contribution in [3.05, 3.63) is 29.3 Å². The van der Waals surface area contributed by atoms with Crippen LogP contribution in [0.1, 0.15) is 11.1 Å². The molecule has 0 saturated carbocycles. The van der Waals surface area contributed by atoms with Crippen LogP contribution < -0.4 is 4.74 Å². The van der Waals surface area contributed by atoms with E-state index in [2.05, 4.69) is 25.1 Å². The number of ether oxygens (including phenoxy) is 2. The van der Waals surface area contributed by atoms with Crippen molar-refractivity contribution in [2.24, 2.45) is 0 Å². The van der Waals surface area contributed by atoms with Gasteiger partial charge in [-0.15, -0.1) is 0 Å². The monoisotopic (exact) mass is 178 g/mol. The summed E-state index contributed by atoms with van der Waals surface area (Å²) in [6, 6.07) is 6.33. The Labute approximate surface area is 78.5 Å². The molecule has 1 saturated heterocycles. The molecule has 13 heavy (non-hydrogen) atoms. The Morgan fingerprint density at radius 3 is 2.92 bits per heavy atom. The van der Waals surface area contributed by atoms with Crippen LogP contribution in [0.2, 0.25) is 0 Å². The van der Waals surface area contributed by atoms with E-state index < -0.39 is 0 Å². The second kappa shape index (κ2) is 3.38. The molecular weight excluding hydrogens is 164 g/mol. The van der Waals surface area contributed by atoms with Gasteiger partial charge in [0.1, 0.15) is 5.75 Å². The molecule has 2 nitrogen and oxygen atoms in total. The molecule has 2 heteroatoms. The summed E-state index contributed by atoms with van der Waals surface area (Å²) in [4.78, 5) is 0. The molecule has 1 fully saturated rings. The number of hydrogen-bond donors (Lipinski definition) is 0.